The van der Waals surface area contributed by atoms with Crippen LogP contribution in [0.1, 0.15) is 24.7 Å². The molecule has 0 aromatic carbocycles. The molecule has 16 heavy (non-hydrogen) atoms. The Labute approximate surface area is 94.7 Å². The second-order valence-corrected chi connectivity index (χ2v) is 5.30. The number of rotatable bonds is 4. The van der Waals surface area contributed by atoms with Gasteiger partial charge < -0.3 is 0 Å². The van der Waals surface area contributed by atoms with Crippen molar-refractivity contribution in [2.24, 2.45) is 0 Å². The molecule has 1 aromatic rings. The zero-order valence-electron chi connectivity index (χ0n) is 9.40. The van der Waals surface area contributed by atoms with E-state index in [1.165, 1.54) is 0 Å². The largest absolute Gasteiger partial charge is 0.281 e. The molecule has 1 rings (SSSR count). The molecule has 0 spiro atoms. The average molecular weight is 242 g/mol. The van der Waals surface area contributed by atoms with Gasteiger partial charge >= 0.3 is 0 Å². The van der Waals surface area contributed by atoms with Crippen molar-refractivity contribution < 1.29 is 8.42 Å². The molecule has 88 valence electrons. The molecule has 0 aliphatic heterocycles. The summed E-state index contributed by atoms with van der Waals surface area (Å²) in [5.41, 5.74) is 0.920. The number of aromatic nitrogens is 2. The predicted octanol–water partition coefficient (Wildman–Crippen LogP) is 0.607. The van der Waals surface area contributed by atoms with Gasteiger partial charge in [-0.05, 0) is 20.8 Å². The van der Waals surface area contributed by atoms with Crippen LogP contribution in [0.3, 0.4) is 0 Å². The molecule has 0 radical (unpaired) electrons. The van der Waals surface area contributed by atoms with Crippen LogP contribution >= 0.6 is 0 Å². The van der Waals surface area contributed by atoms with Crippen molar-refractivity contribution in [3.05, 3.63) is 11.4 Å². The molecule has 0 aliphatic carbocycles. The smallest absolute Gasteiger partial charge is 0.244 e. The van der Waals surface area contributed by atoms with Gasteiger partial charge in [-0.1, -0.05) is 0 Å². The summed E-state index contributed by atoms with van der Waals surface area (Å²) in [4.78, 5) is 0.164. The lowest BCUT2D eigenvalue weighted by Gasteiger charge is -2.10. The highest BCUT2D eigenvalue weighted by molar-refractivity contribution is 7.89. The summed E-state index contributed by atoms with van der Waals surface area (Å²) in [6.07, 6.45) is 0.134. The zero-order chi connectivity index (χ0) is 12.3. The first kappa shape index (κ1) is 12.7. The van der Waals surface area contributed by atoms with E-state index in [-0.39, 0.29) is 11.3 Å². The zero-order valence-corrected chi connectivity index (χ0v) is 10.2. The number of nitriles is 1. The second-order valence-electron chi connectivity index (χ2n) is 3.65. The third-order valence-electron chi connectivity index (χ3n) is 2.08. The Morgan fingerprint density at radius 2 is 2.19 bits per heavy atom. The summed E-state index contributed by atoms with van der Waals surface area (Å²) < 4.78 is 26.3. The molecule has 0 fully saturated rings. The number of hydrogen-bond acceptors (Lipinski definition) is 4. The third-order valence-corrected chi connectivity index (χ3v) is 3.93. The summed E-state index contributed by atoms with van der Waals surface area (Å²) in [7, 11) is -3.59. The minimum Gasteiger partial charge on any atom is -0.281 e. The standard InChI is InChI=1S/C9H14N4O2S/c1-6(4-5-10)13-16(14,15)9-7(2)11-12-8(9)3/h6,13H,4H2,1-3H3,(H,11,12). The maximum atomic E-state index is 11.9. The molecule has 1 aromatic heterocycles. The predicted molar refractivity (Wildman–Crippen MR) is 58.1 cm³/mol. The highest BCUT2D eigenvalue weighted by Gasteiger charge is 2.23. The van der Waals surface area contributed by atoms with Crippen LogP contribution in [0.2, 0.25) is 0 Å². The first-order chi connectivity index (χ1) is 7.38. The molecule has 0 amide bonds. The number of aryl methyl sites for hydroxylation is 2. The summed E-state index contributed by atoms with van der Waals surface area (Å²) in [6, 6.07) is 1.50. The first-order valence-corrected chi connectivity index (χ1v) is 6.27. The van der Waals surface area contributed by atoms with Gasteiger partial charge in [0, 0.05) is 6.04 Å². The number of sulfonamides is 1. The maximum absolute atomic E-state index is 11.9. The Morgan fingerprint density at radius 1 is 1.56 bits per heavy atom. The lowest BCUT2D eigenvalue weighted by molar-refractivity contribution is 0.562. The molecule has 1 atom stereocenters. The fourth-order valence-electron chi connectivity index (χ4n) is 1.44. The molecule has 2 N–H and O–H groups in total. The number of hydrogen-bond donors (Lipinski definition) is 2. The van der Waals surface area contributed by atoms with Crippen LogP contribution in [-0.4, -0.2) is 24.7 Å². The van der Waals surface area contributed by atoms with Crippen molar-refractivity contribution in [3.8, 4) is 6.07 Å². The number of nitrogens with zero attached hydrogens (tertiary/aromatic N) is 2. The fourth-order valence-corrected chi connectivity index (χ4v) is 3.05. The van der Waals surface area contributed by atoms with E-state index in [4.69, 9.17) is 5.26 Å². The molecule has 7 heteroatoms. The molecule has 1 heterocycles. The summed E-state index contributed by atoms with van der Waals surface area (Å²) in [5, 5.41) is 14.9. The van der Waals surface area contributed by atoms with Gasteiger partial charge in [0.1, 0.15) is 4.90 Å². The normalized spacial score (nSPS) is 13.4. The van der Waals surface area contributed by atoms with Crippen LogP contribution in [0.25, 0.3) is 0 Å². The monoisotopic (exact) mass is 242 g/mol. The van der Waals surface area contributed by atoms with Crippen molar-refractivity contribution >= 4 is 10.0 Å². The van der Waals surface area contributed by atoms with Crippen LogP contribution in [0.15, 0.2) is 4.90 Å². The number of H-pyrrole nitrogens is 1. The molecule has 0 bridgehead atoms. The highest BCUT2D eigenvalue weighted by Crippen LogP contribution is 2.16. The van der Waals surface area contributed by atoms with Gasteiger partial charge in [-0.2, -0.15) is 10.4 Å². The van der Waals surface area contributed by atoms with Gasteiger partial charge in [0.05, 0.1) is 23.9 Å². The van der Waals surface area contributed by atoms with Crippen molar-refractivity contribution in [2.45, 2.75) is 38.1 Å². The summed E-state index contributed by atoms with van der Waals surface area (Å²) in [5.74, 6) is 0. The molecule has 0 aliphatic rings. The average Bonchev–Trinajstić information content (AvgIpc) is 2.45. The topological polar surface area (TPSA) is 98.6 Å². The molecule has 1 unspecified atom stereocenters. The van der Waals surface area contributed by atoms with Crippen LogP contribution in [0, 0.1) is 25.2 Å². The number of nitrogens with one attached hydrogen (secondary N) is 2. The van der Waals surface area contributed by atoms with Crippen LogP contribution < -0.4 is 4.72 Å². The Morgan fingerprint density at radius 3 is 2.62 bits per heavy atom. The van der Waals surface area contributed by atoms with Crippen molar-refractivity contribution in [3.63, 3.8) is 0 Å². The number of aromatic amines is 1. The van der Waals surface area contributed by atoms with E-state index < -0.39 is 16.1 Å². The van der Waals surface area contributed by atoms with Gasteiger partial charge in [0.15, 0.2) is 0 Å². The molecule has 0 saturated heterocycles. The lowest BCUT2D eigenvalue weighted by atomic mass is 10.3. The first-order valence-electron chi connectivity index (χ1n) is 4.79. The third kappa shape index (κ3) is 2.59. The van der Waals surface area contributed by atoms with E-state index in [1.807, 2.05) is 6.07 Å². The van der Waals surface area contributed by atoms with Crippen molar-refractivity contribution in [2.75, 3.05) is 0 Å². The van der Waals surface area contributed by atoms with Gasteiger partial charge in [0.2, 0.25) is 10.0 Å². The van der Waals surface area contributed by atoms with E-state index in [0.717, 1.165) is 0 Å². The molecule has 0 saturated carbocycles. The SMILES string of the molecule is Cc1n[nH]c(C)c1S(=O)(=O)NC(C)CC#N. The summed E-state index contributed by atoms with van der Waals surface area (Å²) >= 11 is 0. The van der Waals surface area contributed by atoms with Gasteiger partial charge in [-0.15, -0.1) is 0 Å². The quantitative estimate of drug-likeness (QED) is 0.808. The van der Waals surface area contributed by atoms with E-state index in [9.17, 15) is 8.42 Å². The van der Waals surface area contributed by atoms with Crippen molar-refractivity contribution in [1.82, 2.24) is 14.9 Å². The van der Waals surface area contributed by atoms with Gasteiger partial charge in [-0.25, -0.2) is 13.1 Å². The Balaban J connectivity index is 3.00. The van der Waals surface area contributed by atoms with Gasteiger partial charge in [-0.3, -0.25) is 5.10 Å². The lowest BCUT2D eigenvalue weighted by Crippen LogP contribution is -2.32. The van der Waals surface area contributed by atoms with Crippen LogP contribution in [0.5, 0.6) is 0 Å². The van der Waals surface area contributed by atoms with E-state index >= 15 is 0 Å². The van der Waals surface area contributed by atoms with E-state index in [0.29, 0.717) is 11.4 Å². The maximum Gasteiger partial charge on any atom is 0.244 e. The highest BCUT2D eigenvalue weighted by atomic mass is 32.2. The van der Waals surface area contributed by atoms with E-state index in [1.54, 1.807) is 20.8 Å². The fraction of sp³-hybridized carbons (Fsp3) is 0.556. The minimum absolute atomic E-state index is 0.134. The molecular formula is C9H14N4O2S. The molecular weight excluding hydrogens is 228 g/mol. The Hall–Kier alpha value is -1.39. The minimum atomic E-state index is -3.59. The second kappa shape index (κ2) is 4.63. The Kier molecular flexibility index (Phi) is 3.67. The van der Waals surface area contributed by atoms with Crippen LogP contribution in [-0.2, 0) is 10.0 Å². The molecule has 6 nitrogen and oxygen atoms in total. The van der Waals surface area contributed by atoms with Gasteiger partial charge in [0.25, 0.3) is 0 Å². The van der Waals surface area contributed by atoms with E-state index in [2.05, 4.69) is 14.9 Å². The van der Waals surface area contributed by atoms with Crippen molar-refractivity contribution in [1.29, 1.82) is 5.26 Å². The Bertz CT molecular complexity index is 493. The summed E-state index contributed by atoms with van der Waals surface area (Å²) in [6.45, 7) is 4.90. The van der Waals surface area contributed by atoms with Crippen LogP contribution in [0.4, 0.5) is 0 Å².